The van der Waals surface area contributed by atoms with E-state index in [1.165, 1.54) is 0 Å². The number of benzene rings is 1. The summed E-state index contributed by atoms with van der Waals surface area (Å²) in [5, 5.41) is 4.78. The van der Waals surface area contributed by atoms with Crippen LogP contribution in [0.3, 0.4) is 0 Å². The number of nitrogens with zero attached hydrogens (tertiary/aromatic N) is 1. The third-order valence-corrected chi connectivity index (χ3v) is 4.93. The van der Waals surface area contributed by atoms with Crippen molar-refractivity contribution in [1.82, 2.24) is 9.88 Å². The van der Waals surface area contributed by atoms with Crippen molar-refractivity contribution < 1.29 is 14.3 Å². The second-order valence-corrected chi connectivity index (χ2v) is 6.78. The van der Waals surface area contributed by atoms with Crippen molar-refractivity contribution in [1.29, 1.82) is 0 Å². The van der Waals surface area contributed by atoms with Crippen LogP contribution in [0.15, 0.2) is 47.8 Å². The Hall–Kier alpha value is -2.60. The molecule has 0 fully saturated rings. The molecule has 5 nitrogen and oxygen atoms in total. The number of hydrogen-bond acceptors (Lipinski definition) is 4. The summed E-state index contributed by atoms with van der Waals surface area (Å²) < 4.78 is 8.12. The molecular formula is C19H20N2O3S. The minimum Gasteiger partial charge on any atom is -0.448 e. The highest BCUT2D eigenvalue weighted by Crippen LogP contribution is 2.24. The lowest BCUT2D eigenvalue weighted by atomic mass is 10.1. The second kappa shape index (κ2) is 7.53. The van der Waals surface area contributed by atoms with Crippen molar-refractivity contribution in [3.05, 3.63) is 59.1 Å². The Morgan fingerprint density at radius 2 is 2.00 bits per heavy atom. The molecule has 0 aliphatic carbocycles. The maximum Gasteiger partial charge on any atom is 0.355 e. The first-order valence-electron chi connectivity index (χ1n) is 8.12. The summed E-state index contributed by atoms with van der Waals surface area (Å²) in [5.41, 5.74) is 2.58. The van der Waals surface area contributed by atoms with E-state index in [1.807, 2.05) is 48.8 Å². The first-order chi connectivity index (χ1) is 12.1. The van der Waals surface area contributed by atoms with Crippen LogP contribution >= 0.6 is 11.3 Å². The average Bonchev–Trinajstić information content (AvgIpc) is 3.19. The highest BCUT2D eigenvalue weighted by molar-refractivity contribution is 7.17. The number of ether oxygens (including phenoxy) is 1. The standard InChI is InChI=1S/C19H20N2O3S/c1-13(18(22)20-10-8-14-6-4-3-5-7-14)24-19(23)16-12-17-15(21(16)2)9-11-25-17/h3-7,9,11-13H,8,10H2,1-2H3,(H,20,22)/t13-/m0/s1. The molecule has 25 heavy (non-hydrogen) atoms. The number of amides is 1. The number of fused-ring (bicyclic) bond motifs is 1. The lowest BCUT2D eigenvalue weighted by Gasteiger charge is -2.14. The SMILES string of the molecule is C[C@H](OC(=O)c1cc2sccc2n1C)C(=O)NCCc1ccccc1. The summed E-state index contributed by atoms with van der Waals surface area (Å²) in [6.07, 6.45) is -0.0994. The third kappa shape index (κ3) is 3.91. The quantitative estimate of drug-likeness (QED) is 0.690. The van der Waals surface area contributed by atoms with Gasteiger partial charge in [-0.05, 0) is 36.4 Å². The maximum atomic E-state index is 12.3. The minimum absolute atomic E-state index is 0.291. The molecule has 0 bridgehead atoms. The van der Waals surface area contributed by atoms with Crippen LogP contribution < -0.4 is 5.32 Å². The molecule has 0 aliphatic heterocycles. The van der Waals surface area contributed by atoms with Crippen LogP contribution in [0, 0.1) is 0 Å². The van der Waals surface area contributed by atoms with Crippen LogP contribution in [-0.4, -0.2) is 29.1 Å². The molecule has 0 spiro atoms. The molecule has 1 aromatic carbocycles. The predicted octanol–water partition coefficient (Wildman–Crippen LogP) is 3.14. The number of nitrogens with one attached hydrogen (secondary N) is 1. The van der Waals surface area contributed by atoms with Gasteiger partial charge in [0.1, 0.15) is 5.69 Å². The van der Waals surface area contributed by atoms with E-state index in [2.05, 4.69) is 5.32 Å². The Balaban J connectivity index is 1.53. The van der Waals surface area contributed by atoms with E-state index in [0.717, 1.165) is 22.2 Å². The zero-order valence-electron chi connectivity index (χ0n) is 14.2. The highest BCUT2D eigenvalue weighted by atomic mass is 32.1. The number of carbonyl (C=O) groups excluding carboxylic acids is 2. The van der Waals surface area contributed by atoms with Gasteiger partial charge in [0, 0.05) is 13.6 Å². The molecule has 0 saturated heterocycles. The van der Waals surface area contributed by atoms with Crippen molar-refractivity contribution in [3.8, 4) is 0 Å². The van der Waals surface area contributed by atoms with E-state index >= 15 is 0 Å². The van der Waals surface area contributed by atoms with Crippen molar-refractivity contribution in [2.45, 2.75) is 19.4 Å². The van der Waals surface area contributed by atoms with E-state index in [0.29, 0.717) is 12.2 Å². The van der Waals surface area contributed by atoms with Gasteiger partial charge < -0.3 is 14.6 Å². The fraction of sp³-hybridized carbons (Fsp3) is 0.263. The molecule has 1 atom stereocenters. The van der Waals surface area contributed by atoms with E-state index in [4.69, 9.17) is 4.74 Å². The van der Waals surface area contributed by atoms with Crippen molar-refractivity contribution in [2.75, 3.05) is 6.54 Å². The molecule has 3 rings (SSSR count). The van der Waals surface area contributed by atoms with Gasteiger partial charge in [-0.25, -0.2) is 4.79 Å². The molecule has 2 heterocycles. The summed E-state index contributed by atoms with van der Waals surface area (Å²) in [6, 6.07) is 13.7. The van der Waals surface area contributed by atoms with Gasteiger partial charge in [0.15, 0.2) is 6.10 Å². The summed E-state index contributed by atoms with van der Waals surface area (Å²) in [4.78, 5) is 24.4. The minimum atomic E-state index is -0.837. The van der Waals surface area contributed by atoms with Crippen molar-refractivity contribution in [3.63, 3.8) is 0 Å². The zero-order chi connectivity index (χ0) is 17.8. The molecule has 0 saturated carbocycles. The van der Waals surface area contributed by atoms with Crippen LogP contribution in [0.1, 0.15) is 23.0 Å². The van der Waals surface area contributed by atoms with Gasteiger partial charge in [-0.2, -0.15) is 0 Å². The number of aryl methyl sites for hydroxylation is 1. The number of hydrogen-bond donors (Lipinski definition) is 1. The van der Waals surface area contributed by atoms with Crippen LogP contribution in [0.2, 0.25) is 0 Å². The summed E-state index contributed by atoms with van der Waals surface area (Å²) >= 11 is 1.57. The van der Waals surface area contributed by atoms with E-state index in [1.54, 1.807) is 28.9 Å². The predicted molar refractivity (Wildman–Crippen MR) is 98.8 cm³/mol. The molecule has 130 valence electrons. The molecule has 3 aromatic rings. The first kappa shape index (κ1) is 17.2. The Morgan fingerprint density at radius 1 is 1.24 bits per heavy atom. The van der Waals surface area contributed by atoms with Gasteiger partial charge in [0.05, 0.1) is 10.2 Å². The summed E-state index contributed by atoms with van der Waals surface area (Å²) in [5.74, 6) is -0.781. The van der Waals surface area contributed by atoms with Crippen LogP contribution in [0.4, 0.5) is 0 Å². The van der Waals surface area contributed by atoms with Crippen molar-refractivity contribution in [2.24, 2.45) is 7.05 Å². The fourth-order valence-corrected chi connectivity index (χ4v) is 3.49. The molecule has 0 aliphatic rings. The van der Waals surface area contributed by atoms with E-state index in [-0.39, 0.29) is 5.91 Å². The Labute approximate surface area is 150 Å². The van der Waals surface area contributed by atoms with Crippen LogP contribution in [0.25, 0.3) is 10.2 Å². The Bertz CT molecular complexity index is 883. The van der Waals surface area contributed by atoms with Crippen LogP contribution in [0.5, 0.6) is 0 Å². The van der Waals surface area contributed by atoms with Gasteiger partial charge in [0.2, 0.25) is 0 Å². The second-order valence-electron chi connectivity index (χ2n) is 5.83. The van der Waals surface area contributed by atoms with Crippen molar-refractivity contribution >= 4 is 33.4 Å². The lowest BCUT2D eigenvalue weighted by Crippen LogP contribution is -2.37. The molecular weight excluding hydrogens is 336 g/mol. The normalized spacial score (nSPS) is 12.1. The van der Waals surface area contributed by atoms with Gasteiger partial charge in [-0.1, -0.05) is 30.3 Å². The lowest BCUT2D eigenvalue weighted by molar-refractivity contribution is -0.129. The fourth-order valence-electron chi connectivity index (χ4n) is 2.64. The van der Waals surface area contributed by atoms with Gasteiger partial charge in [-0.15, -0.1) is 11.3 Å². The smallest absolute Gasteiger partial charge is 0.355 e. The largest absolute Gasteiger partial charge is 0.448 e. The zero-order valence-corrected chi connectivity index (χ0v) is 15.0. The van der Waals surface area contributed by atoms with E-state index in [9.17, 15) is 9.59 Å². The van der Waals surface area contributed by atoms with Gasteiger partial charge in [-0.3, -0.25) is 4.79 Å². The van der Waals surface area contributed by atoms with Gasteiger partial charge in [0.25, 0.3) is 5.91 Å². The number of aromatic nitrogens is 1. The number of rotatable bonds is 6. The number of thiophene rings is 1. The Morgan fingerprint density at radius 3 is 2.72 bits per heavy atom. The maximum absolute atomic E-state index is 12.3. The molecule has 1 amide bonds. The summed E-state index contributed by atoms with van der Waals surface area (Å²) in [7, 11) is 1.82. The van der Waals surface area contributed by atoms with E-state index < -0.39 is 12.1 Å². The molecule has 6 heteroatoms. The van der Waals surface area contributed by atoms with Gasteiger partial charge >= 0.3 is 5.97 Å². The monoisotopic (exact) mass is 356 g/mol. The number of carbonyl (C=O) groups is 2. The number of esters is 1. The molecule has 0 unspecified atom stereocenters. The highest BCUT2D eigenvalue weighted by Gasteiger charge is 2.21. The average molecular weight is 356 g/mol. The molecule has 0 radical (unpaired) electrons. The summed E-state index contributed by atoms with van der Waals surface area (Å²) in [6.45, 7) is 2.09. The first-order valence-corrected chi connectivity index (χ1v) is 9.00. The topological polar surface area (TPSA) is 60.3 Å². The van der Waals surface area contributed by atoms with Crippen LogP contribution in [-0.2, 0) is 23.0 Å². The Kier molecular flexibility index (Phi) is 5.19. The molecule has 1 N–H and O–H groups in total. The molecule has 2 aromatic heterocycles. The third-order valence-electron chi connectivity index (χ3n) is 4.08.